The topological polar surface area (TPSA) is 99.7 Å². The molecule has 0 aliphatic rings. The Morgan fingerprint density at radius 2 is 1.86 bits per heavy atom. The van der Waals surface area contributed by atoms with Crippen LogP contribution in [0.1, 0.15) is 20.8 Å². The van der Waals surface area contributed by atoms with E-state index < -0.39 is 11.7 Å². The number of fused-ring (bicyclic) bond motifs is 1. The highest BCUT2D eigenvalue weighted by Crippen LogP contribution is 2.34. The van der Waals surface area contributed by atoms with E-state index in [4.69, 9.17) is 4.74 Å². The molecule has 3 rings (SSSR count). The first-order valence-electron chi connectivity index (χ1n) is 11.4. The number of benzene rings is 2. The largest absolute Gasteiger partial charge is 0.481 e. The second kappa shape index (κ2) is 12.4. The molecule has 0 radical (unpaired) electrons. The number of hydrogen-bond donors (Lipinski definition) is 2. The Balaban J connectivity index is 1.96. The summed E-state index contributed by atoms with van der Waals surface area (Å²) in [6.07, 6.45) is 2.45. The summed E-state index contributed by atoms with van der Waals surface area (Å²) in [6, 6.07) is 7.82. The summed E-state index contributed by atoms with van der Waals surface area (Å²) in [4.78, 5) is 33.5. The zero-order valence-electron chi connectivity index (χ0n) is 20.3. The molecule has 36 heavy (non-hydrogen) atoms. The maximum Gasteiger partial charge on any atom is 0.274 e. The number of ether oxygens (including phenoxy) is 1. The van der Waals surface area contributed by atoms with Crippen LogP contribution in [0.2, 0.25) is 0 Å². The fourth-order valence-corrected chi connectivity index (χ4v) is 3.95. The van der Waals surface area contributed by atoms with Gasteiger partial charge in [0.2, 0.25) is 5.91 Å². The Hall–Kier alpha value is -3.57. The first-order chi connectivity index (χ1) is 17.3. The summed E-state index contributed by atoms with van der Waals surface area (Å²) >= 11 is 3.24. The smallest absolute Gasteiger partial charge is 0.274 e. The van der Waals surface area contributed by atoms with Crippen molar-refractivity contribution in [2.24, 2.45) is 0 Å². The van der Waals surface area contributed by atoms with Crippen LogP contribution in [0.4, 0.5) is 21.6 Å². The first kappa shape index (κ1) is 27.0. The van der Waals surface area contributed by atoms with E-state index in [1.807, 2.05) is 25.8 Å². The molecule has 0 atom stereocenters. The zero-order chi connectivity index (χ0) is 26.2. The van der Waals surface area contributed by atoms with Crippen molar-refractivity contribution in [3.63, 3.8) is 0 Å². The predicted octanol–water partition coefficient (Wildman–Crippen LogP) is 4.88. The molecule has 0 bridgehead atoms. The average molecular weight is 559 g/mol. The minimum Gasteiger partial charge on any atom is -0.481 e. The minimum atomic E-state index is -0.469. The van der Waals surface area contributed by atoms with Crippen LogP contribution < -0.4 is 15.4 Å². The molecule has 0 fully saturated rings. The Morgan fingerprint density at radius 3 is 2.50 bits per heavy atom. The zero-order valence-corrected chi connectivity index (χ0v) is 21.9. The lowest BCUT2D eigenvalue weighted by Gasteiger charge is -2.32. The van der Waals surface area contributed by atoms with Gasteiger partial charge in [-0.05, 0) is 37.3 Å². The molecule has 0 aliphatic carbocycles. The maximum absolute atomic E-state index is 14.4. The fourth-order valence-electron chi connectivity index (χ4n) is 3.62. The number of halogens is 2. The lowest BCUT2D eigenvalue weighted by Crippen LogP contribution is -2.48. The monoisotopic (exact) mass is 558 g/mol. The van der Waals surface area contributed by atoms with Gasteiger partial charge >= 0.3 is 0 Å². The summed E-state index contributed by atoms with van der Waals surface area (Å²) in [5.74, 6) is -0.576. The number of rotatable bonds is 11. The van der Waals surface area contributed by atoms with E-state index in [2.05, 4.69) is 43.1 Å². The van der Waals surface area contributed by atoms with Crippen LogP contribution in [0.15, 0.2) is 53.8 Å². The number of aromatic nitrogens is 2. The normalized spacial score (nSPS) is 10.8. The fraction of sp³-hybridized carbons (Fsp3) is 0.280. The van der Waals surface area contributed by atoms with Crippen molar-refractivity contribution in [3.05, 3.63) is 59.6 Å². The van der Waals surface area contributed by atoms with Gasteiger partial charge in [-0.25, -0.2) is 19.4 Å². The summed E-state index contributed by atoms with van der Waals surface area (Å²) < 4.78 is 20.9. The van der Waals surface area contributed by atoms with Crippen LogP contribution in [0.3, 0.4) is 0 Å². The van der Waals surface area contributed by atoms with Crippen molar-refractivity contribution in [3.8, 4) is 5.75 Å². The SMILES string of the molecule is C=CC(=O)Nc1cc2c(Nc3ccc(Br)cc3F)ncnc2cc1OCC(=O)N(CC)N(CC)CC. The Kier molecular flexibility index (Phi) is 9.31. The highest BCUT2D eigenvalue weighted by Gasteiger charge is 2.20. The molecule has 0 saturated carbocycles. The Labute approximate surface area is 217 Å². The van der Waals surface area contributed by atoms with Gasteiger partial charge in [-0.15, -0.1) is 0 Å². The molecular formula is C25H28BrFN6O3. The number of hydrogen-bond acceptors (Lipinski definition) is 7. The number of nitrogens with zero attached hydrogens (tertiary/aromatic N) is 4. The number of amides is 2. The quantitative estimate of drug-likeness (QED) is 0.255. The summed E-state index contributed by atoms with van der Waals surface area (Å²) in [5.41, 5.74) is 0.984. The lowest BCUT2D eigenvalue weighted by molar-refractivity contribution is -0.150. The standard InChI is InChI=1S/C25H28BrFN6O3/c1-5-23(34)30-21-12-17-20(13-22(21)36-14-24(35)33(8-4)32(6-2)7-3)28-15-29-25(17)31-19-10-9-16(26)11-18(19)27/h5,9-13,15H,1,6-8,14H2,2-4H3,(H,30,34)(H,28,29,31). The van der Waals surface area contributed by atoms with Gasteiger partial charge < -0.3 is 15.4 Å². The van der Waals surface area contributed by atoms with Gasteiger partial charge in [-0.3, -0.25) is 14.6 Å². The Morgan fingerprint density at radius 1 is 1.11 bits per heavy atom. The van der Waals surface area contributed by atoms with Gasteiger partial charge in [-0.2, -0.15) is 0 Å². The summed E-state index contributed by atoms with van der Waals surface area (Å²) in [5, 5.41) is 9.71. The number of carbonyl (C=O) groups is 2. The molecule has 3 aromatic rings. The Bertz CT molecular complexity index is 1270. The van der Waals surface area contributed by atoms with E-state index >= 15 is 0 Å². The third-order valence-corrected chi connectivity index (χ3v) is 5.87. The van der Waals surface area contributed by atoms with Crippen LogP contribution in [-0.2, 0) is 9.59 Å². The van der Waals surface area contributed by atoms with Crippen molar-refractivity contribution in [1.29, 1.82) is 0 Å². The molecule has 1 aromatic heterocycles. The van der Waals surface area contributed by atoms with E-state index in [0.29, 0.717) is 46.5 Å². The number of carbonyl (C=O) groups excluding carboxylic acids is 2. The van der Waals surface area contributed by atoms with E-state index in [-0.39, 0.29) is 24.0 Å². The highest BCUT2D eigenvalue weighted by molar-refractivity contribution is 9.10. The molecule has 190 valence electrons. The lowest BCUT2D eigenvalue weighted by atomic mass is 10.1. The van der Waals surface area contributed by atoms with Crippen LogP contribution in [0.25, 0.3) is 10.9 Å². The van der Waals surface area contributed by atoms with Crippen LogP contribution in [-0.4, -0.2) is 58.0 Å². The first-order valence-corrected chi connectivity index (χ1v) is 12.2. The number of nitrogens with one attached hydrogen (secondary N) is 2. The summed E-state index contributed by atoms with van der Waals surface area (Å²) in [7, 11) is 0. The van der Waals surface area contributed by atoms with Gasteiger partial charge in [0, 0.05) is 35.6 Å². The van der Waals surface area contributed by atoms with E-state index in [9.17, 15) is 14.0 Å². The number of hydrazine groups is 1. The molecule has 0 aliphatic heterocycles. The third-order valence-electron chi connectivity index (χ3n) is 5.37. The molecule has 11 heteroatoms. The van der Waals surface area contributed by atoms with Crippen LogP contribution in [0.5, 0.6) is 5.75 Å². The average Bonchev–Trinajstić information content (AvgIpc) is 2.87. The molecule has 9 nitrogen and oxygen atoms in total. The van der Waals surface area contributed by atoms with Crippen LogP contribution >= 0.6 is 15.9 Å². The maximum atomic E-state index is 14.4. The molecule has 0 spiro atoms. The van der Waals surface area contributed by atoms with Gasteiger partial charge in [0.05, 0.1) is 16.9 Å². The van der Waals surface area contributed by atoms with Gasteiger partial charge in [0.25, 0.3) is 5.91 Å². The summed E-state index contributed by atoms with van der Waals surface area (Å²) in [6.45, 7) is 10.9. The second-order valence-electron chi connectivity index (χ2n) is 7.57. The van der Waals surface area contributed by atoms with Gasteiger partial charge in [0.15, 0.2) is 6.61 Å². The predicted molar refractivity (Wildman–Crippen MR) is 142 cm³/mol. The van der Waals surface area contributed by atoms with Crippen molar-refractivity contribution in [1.82, 2.24) is 20.0 Å². The number of anilines is 3. The molecule has 2 aromatic carbocycles. The molecular weight excluding hydrogens is 531 g/mol. The molecule has 0 unspecified atom stereocenters. The highest BCUT2D eigenvalue weighted by atomic mass is 79.9. The van der Waals surface area contributed by atoms with Crippen LogP contribution in [0, 0.1) is 5.82 Å². The van der Waals surface area contributed by atoms with Crippen molar-refractivity contribution in [2.45, 2.75) is 20.8 Å². The third kappa shape index (κ3) is 6.35. The van der Waals surface area contributed by atoms with Gasteiger partial charge in [-0.1, -0.05) is 36.4 Å². The van der Waals surface area contributed by atoms with Crippen molar-refractivity contribution >= 4 is 55.8 Å². The molecule has 2 amide bonds. The van der Waals surface area contributed by atoms with Crippen molar-refractivity contribution < 1.29 is 18.7 Å². The minimum absolute atomic E-state index is 0.219. The molecule has 0 saturated heterocycles. The van der Waals surface area contributed by atoms with E-state index in [1.54, 1.807) is 29.3 Å². The van der Waals surface area contributed by atoms with E-state index in [1.165, 1.54) is 12.4 Å². The van der Waals surface area contributed by atoms with Gasteiger partial charge in [0.1, 0.15) is 23.7 Å². The van der Waals surface area contributed by atoms with E-state index in [0.717, 1.165) is 6.08 Å². The molecule has 2 N–H and O–H groups in total. The molecule has 1 heterocycles. The second-order valence-corrected chi connectivity index (χ2v) is 8.48. The van der Waals surface area contributed by atoms with Crippen molar-refractivity contribution in [2.75, 3.05) is 36.9 Å². The number of likely N-dealkylation sites (N-methyl/N-ethyl adjacent to an activating group) is 1.